The van der Waals surface area contributed by atoms with E-state index in [1.54, 1.807) is 23.1 Å². The maximum absolute atomic E-state index is 10.7. The van der Waals surface area contributed by atoms with E-state index in [0.29, 0.717) is 24.5 Å². The first kappa shape index (κ1) is 17.1. The minimum Gasteiger partial charge on any atom is -0.282 e. The van der Waals surface area contributed by atoms with E-state index in [-0.39, 0.29) is 5.69 Å². The van der Waals surface area contributed by atoms with Crippen LogP contribution in [0.3, 0.4) is 0 Å². The Morgan fingerprint density at radius 3 is 2.39 bits per heavy atom. The molecule has 0 aliphatic heterocycles. The molecule has 0 N–H and O–H groups in total. The zero-order chi connectivity index (χ0) is 17.0. The van der Waals surface area contributed by atoms with Crippen LogP contribution in [0.15, 0.2) is 30.6 Å². The SMILES string of the molecule is CC(C)CN(Cn1cnc(-c2ccc([N+](=O)[O-])cc2)n1)C(C)C. The summed E-state index contributed by atoms with van der Waals surface area (Å²) in [7, 11) is 0. The van der Waals surface area contributed by atoms with Crippen LogP contribution in [0.2, 0.25) is 0 Å². The van der Waals surface area contributed by atoms with Gasteiger partial charge in [-0.1, -0.05) is 13.8 Å². The van der Waals surface area contributed by atoms with Crippen LogP contribution >= 0.6 is 0 Å². The van der Waals surface area contributed by atoms with Crippen molar-refractivity contribution in [1.82, 2.24) is 19.7 Å². The molecule has 0 aliphatic carbocycles. The van der Waals surface area contributed by atoms with Crippen molar-refractivity contribution in [1.29, 1.82) is 0 Å². The summed E-state index contributed by atoms with van der Waals surface area (Å²) in [5.41, 5.74) is 0.838. The highest BCUT2D eigenvalue weighted by molar-refractivity contribution is 5.56. The topological polar surface area (TPSA) is 77.1 Å². The summed E-state index contributed by atoms with van der Waals surface area (Å²) in [6, 6.07) is 6.70. The third kappa shape index (κ3) is 4.59. The van der Waals surface area contributed by atoms with Crippen molar-refractivity contribution in [3.63, 3.8) is 0 Å². The van der Waals surface area contributed by atoms with E-state index in [1.165, 1.54) is 12.1 Å². The van der Waals surface area contributed by atoms with E-state index in [0.717, 1.165) is 12.1 Å². The first-order valence-electron chi connectivity index (χ1n) is 7.75. The van der Waals surface area contributed by atoms with Gasteiger partial charge in [-0.25, -0.2) is 9.67 Å². The largest absolute Gasteiger partial charge is 0.282 e. The van der Waals surface area contributed by atoms with Crippen LogP contribution in [0, 0.1) is 16.0 Å². The van der Waals surface area contributed by atoms with Crippen molar-refractivity contribution in [2.75, 3.05) is 6.54 Å². The molecule has 0 fully saturated rings. The molecular formula is C16H23N5O2. The molecular weight excluding hydrogens is 294 g/mol. The van der Waals surface area contributed by atoms with Gasteiger partial charge in [0.15, 0.2) is 5.82 Å². The van der Waals surface area contributed by atoms with Crippen LogP contribution in [-0.2, 0) is 6.67 Å². The van der Waals surface area contributed by atoms with Gasteiger partial charge in [0.1, 0.15) is 6.33 Å². The number of aromatic nitrogens is 3. The molecule has 0 saturated carbocycles. The van der Waals surface area contributed by atoms with Crippen molar-refractivity contribution in [3.05, 3.63) is 40.7 Å². The second kappa shape index (κ2) is 7.32. The minimum absolute atomic E-state index is 0.0658. The zero-order valence-corrected chi connectivity index (χ0v) is 14.0. The van der Waals surface area contributed by atoms with E-state index in [9.17, 15) is 10.1 Å². The normalized spacial score (nSPS) is 11.6. The molecule has 0 radical (unpaired) electrons. The Morgan fingerprint density at radius 2 is 1.87 bits per heavy atom. The summed E-state index contributed by atoms with van der Waals surface area (Å²) < 4.78 is 1.80. The maximum atomic E-state index is 10.7. The molecule has 0 amide bonds. The molecule has 1 aromatic carbocycles. The fraction of sp³-hybridized carbons (Fsp3) is 0.500. The summed E-state index contributed by atoms with van der Waals surface area (Å²) >= 11 is 0. The quantitative estimate of drug-likeness (QED) is 0.579. The van der Waals surface area contributed by atoms with E-state index in [2.05, 4.69) is 42.7 Å². The summed E-state index contributed by atoms with van der Waals surface area (Å²) in [6.07, 6.45) is 1.70. The third-order valence-electron chi connectivity index (χ3n) is 3.53. The number of nitrogens with zero attached hydrogens (tertiary/aromatic N) is 5. The third-order valence-corrected chi connectivity index (χ3v) is 3.53. The Kier molecular flexibility index (Phi) is 5.44. The van der Waals surface area contributed by atoms with Gasteiger partial charge in [-0.05, 0) is 31.9 Å². The smallest absolute Gasteiger partial charge is 0.269 e. The van der Waals surface area contributed by atoms with Gasteiger partial charge in [-0.2, -0.15) is 0 Å². The number of benzene rings is 1. The van der Waals surface area contributed by atoms with Gasteiger partial charge in [-0.15, -0.1) is 5.10 Å². The molecule has 0 aliphatic rings. The molecule has 0 spiro atoms. The molecule has 2 aromatic rings. The molecule has 0 saturated heterocycles. The highest BCUT2D eigenvalue weighted by Gasteiger charge is 2.14. The average Bonchev–Trinajstić information content (AvgIpc) is 2.94. The molecule has 23 heavy (non-hydrogen) atoms. The number of hydrogen-bond acceptors (Lipinski definition) is 5. The number of nitro groups is 1. The van der Waals surface area contributed by atoms with Crippen molar-refractivity contribution in [2.45, 2.75) is 40.4 Å². The number of non-ortho nitro benzene ring substituents is 1. The fourth-order valence-electron chi connectivity index (χ4n) is 2.31. The second-order valence-corrected chi connectivity index (χ2v) is 6.31. The van der Waals surface area contributed by atoms with E-state index in [1.807, 2.05) is 0 Å². The number of nitro benzene ring substituents is 1. The lowest BCUT2D eigenvalue weighted by atomic mass is 10.2. The van der Waals surface area contributed by atoms with Gasteiger partial charge in [-0.3, -0.25) is 15.0 Å². The van der Waals surface area contributed by atoms with E-state index >= 15 is 0 Å². The lowest BCUT2D eigenvalue weighted by molar-refractivity contribution is -0.384. The van der Waals surface area contributed by atoms with Gasteiger partial charge in [0.2, 0.25) is 0 Å². The molecule has 7 heteroatoms. The summed E-state index contributed by atoms with van der Waals surface area (Å²) in [5, 5.41) is 15.2. The predicted octanol–water partition coefficient (Wildman–Crippen LogP) is 3.18. The molecule has 2 rings (SSSR count). The van der Waals surface area contributed by atoms with Crippen LogP contribution < -0.4 is 0 Å². The minimum atomic E-state index is -0.414. The Balaban J connectivity index is 2.11. The number of rotatable bonds is 7. The summed E-state index contributed by atoms with van der Waals surface area (Å²) in [5.74, 6) is 1.16. The fourth-order valence-corrected chi connectivity index (χ4v) is 2.31. The van der Waals surface area contributed by atoms with Crippen LogP contribution in [0.25, 0.3) is 11.4 Å². The van der Waals surface area contributed by atoms with Crippen LogP contribution in [-0.4, -0.2) is 37.2 Å². The maximum Gasteiger partial charge on any atom is 0.269 e. The molecule has 124 valence electrons. The first-order chi connectivity index (χ1) is 10.9. The Labute approximate surface area is 136 Å². The van der Waals surface area contributed by atoms with Gasteiger partial charge >= 0.3 is 0 Å². The van der Waals surface area contributed by atoms with Crippen LogP contribution in [0.1, 0.15) is 27.7 Å². The highest BCUT2D eigenvalue weighted by Crippen LogP contribution is 2.19. The molecule has 7 nitrogen and oxygen atoms in total. The molecule has 0 atom stereocenters. The highest BCUT2D eigenvalue weighted by atomic mass is 16.6. The van der Waals surface area contributed by atoms with E-state index < -0.39 is 4.92 Å². The standard InChI is InChI=1S/C16H23N5O2/c1-12(2)9-19(13(3)4)11-20-10-17-16(18-20)14-5-7-15(8-6-14)21(22)23/h5-8,10,12-13H,9,11H2,1-4H3. The number of hydrogen-bond donors (Lipinski definition) is 0. The molecule has 0 bridgehead atoms. The Morgan fingerprint density at radius 1 is 1.22 bits per heavy atom. The van der Waals surface area contributed by atoms with Crippen molar-refractivity contribution in [2.24, 2.45) is 5.92 Å². The van der Waals surface area contributed by atoms with E-state index in [4.69, 9.17) is 0 Å². The lowest BCUT2D eigenvalue weighted by Gasteiger charge is -2.27. The van der Waals surface area contributed by atoms with Crippen LogP contribution in [0.5, 0.6) is 0 Å². The van der Waals surface area contributed by atoms with Gasteiger partial charge in [0.25, 0.3) is 5.69 Å². The zero-order valence-electron chi connectivity index (χ0n) is 14.0. The van der Waals surface area contributed by atoms with Crippen molar-refractivity contribution >= 4 is 5.69 Å². The van der Waals surface area contributed by atoms with Gasteiger partial charge in [0, 0.05) is 30.3 Å². The average molecular weight is 317 g/mol. The second-order valence-electron chi connectivity index (χ2n) is 6.31. The lowest BCUT2D eigenvalue weighted by Crippen LogP contribution is -2.35. The van der Waals surface area contributed by atoms with Crippen LogP contribution in [0.4, 0.5) is 5.69 Å². The Bertz CT molecular complexity index is 649. The van der Waals surface area contributed by atoms with Gasteiger partial charge < -0.3 is 0 Å². The molecule has 0 unspecified atom stereocenters. The predicted molar refractivity (Wildman–Crippen MR) is 88.8 cm³/mol. The van der Waals surface area contributed by atoms with Crippen molar-refractivity contribution < 1.29 is 4.92 Å². The molecule has 1 heterocycles. The first-order valence-corrected chi connectivity index (χ1v) is 7.75. The van der Waals surface area contributed by atoms with Gasteiger partial charge in [0.05, 0.1) is 11.6 Å². The summed E-state index contributed by atoms with van der Waals surface area (Å²) in [4.78, 5) is 16.9. The van der Waals surface area contributed by atoms with Crippen molar-refractivity contribution in [3.8, 4) is 11.4 Å². The Hall–Kier alpha value is -2.28. The monoisotopic (exact) mass is 317 g/mol. The summed E-state index contributed by atoms with van der Waals surface area (Å²) in [6.45, 7) is 10.4. The molecule has 1 aromatic heterocycles.